The summed E-state index contributed by atoms with van der Waals surface area (Å²) in [6.07, 6.45) is 0. The molecule has 1 aliphatic rings. The molecule has 22 heavy (non-hydrogen) atoms. The van der Waals surface area contributed by atoms with Crippen LogP contribution in [0.3, 0.4) is 0 Å². The number of rotatable bonds is 3. The van der Waals surface area contributed by atoms with Crippen molar-refractivity contribution in [3.63, 3.8) is 0 Å². The number of likely N-dealkylation sites (N-methyl/N-ethyl adjacent to an activating group) is 1. The zero-order valence-corrected chi connectivity index (χ0v) is 13.4. The van der Waals surface area contributed by atoms with Gasteiger partial charge in [-0.3, -0.25) is 15.0 Å². The Balaban J connectivity index is 2.25. The first-order valence-corrected chi connectivity index (χ1v) is 7.54. The monoisotopic (exact) mass is 304 g/mol. The molecule has 1 aromatic carbocycles. The van der Waals surface area contributed by atoms with Crippen molar-refractivity contribution in [3.05, 3.63) is 35.9 Å². The Hall–Kier alpha value is -1.92. The second-order valence-electron chi connectivity index (χ2n) is 5.73. The van der Waals surface area contributed by atoms with Crippen LogP contribution in [-0.2, 0) is 4.79 Å². The number of carbonyl (C=O) groups excluding carboxylic acids is 2. The average Bonchev–Trinajstić information content (AvgIpc) is 2.50. The zero-order chi connectivity index (χ0) is 16.1. The molecule has 3 amide bonds. The highest BCUT2D eigenvalue weighted by molar-refractivity contribution is 5.97. The summed E-state index contributed by atoms with van der Waals surface area (Å²) in [6.45, 7) is 4.70. The lowest BCUT2D eigenvalue weighted by molar-refractivity contribution is -0.127. The van der Waals surface area contributed by atoms with Gasteiger partial charge in [-0.25, -0.2) is 4.79 Å². The normalized spacial score (nSPS) is 21.1. The van der Waals surface area contributed by atoms with Crippen molar-refractivity contribution in [2.24, 2.45) is 0 Å². The van der Waals surface area contributed by atoms with Gasteiger partial charge in [0.05, 0.1) is 0 Å². The van der Waals surface area contributed by atoms with E-state index in [9.17, 15) is 9.59 Å². The van der Waals surface area contributed by atoms with Gasteiger partial charge < -0.3 is 10.2 Å². The van der Waals surface area contributed by atoms with E-state index in [2.05, 4.69) is 34.4 Å². The zero-order valence-electron chi connectivity index (χ0n) is 13.4. The second kappa shape index (κ2) is 7.38. The fourth-order valence-electron chi connectivity index (χ4n) is 2.91. The van der Waals surface area contributed by atoms with Crippen molar-refractivity contribution in [1.29, 1.82) is 0 Å². The van der Waals surface area contributed by atoms with E-state index in [4.69, 9.17) is 0 Å². The summed E-state index contributed by atoms with van der Waals surface area (Å²) >= 11 is 0. The summed E-state index contributed by atoms with van der Waals surface area (Å²) in [7, 11) is 3.58. The molecular weight excluding hydrogens is 280 g/mol. The Labute approximate surface area is 131 Å². The number of urea groups is 1. The summed E-state index contributed by atoms with van der Waals surface area (Å²) in [5, 5.41) is 4.84. The molecule has 0 spiro atoms. The minimum Gasteiger partial charge on any atom is -0.341 e. The SMILES string of the molecule is CNC(=O)NC(=O)[C@@H](c1ccccc1)N1CCN(C)C[C@@H]1C. The van der Waals surface area contributed by atoms with E-state index >= 15 is 0 Å². The maximum Gasteiger partial charge on any atom is 0.321 e. The maximum absolute atomic E-state index is 12.6. The van der Waals surface area contributed by atoms with Crippen LogP contribution in [0, 0.1) is 0 Å². The molecule has 2 atom stereocenters. The van der Waals surface area contributed by atoms with Gasteiger partial charge in [0.2, 0.25) is 5.91 Å². The molecule has 2 rings (SSSR count). The van der Waals surface area contributed by atoms with Crippen LogP contribution in [0.15, 0.2) is 30.3 Å². The highest BCUT2D eigenvalue weighted by atomic mass is 16.2. The Kier molecular flexibility index (Phi) is 5.51. The quantitative estimate of drug-likeness (QED) is 0.868. The predicted molar refractivity (Wildman–Crippen MR) is 85.4 cm³/mol. The summed E-state index contributed by atoms with van der Waals surface area (Å²) < 4.78 is 0. The van der Waals surface area contributed by atoms with Gasteiger partial charge in [0.1, 0.15) is 6.04 Å². The van der Waals surface area contributed by atoms with Gasteiger partial charge in [-0.05, 0) is 19.5 Å². The Morgan fingerprint density at radius 1 is 1.23 bits per heavy atom. The molecule has 120 valence electrons. The summed E-state index contributed by atoms with van der Waals surface area (Å²) in [5.74, 6) is -0.290. The van der Waals surface area contributed by atoms with Gasteiger partial charge in [0, 0.05) is 32.7 Å². The number of imide groups is 1. The molecule has 1 fully saturated rings. The Bertz CT molecular complexity index is 520. The first-order chi connectivity index (χ1) is 10.5. The standard InChI is InChI=1S/C16H24N4O2/c1-12-11-19(3)9-10-20(12)14(13-7-5-4-6-8-13)15(21)18-16(22)17-2/h4-8,12,14H,9-11H2,1-3H3,(H2,17,18,21,22)/t12-,14+/m0/s1. The van der Waals surface area contributed by atoms with E-state index in [1.165, 1.54) is 7.05 Å². The summed E-state index contributed by atoms with van der Waals surface area (Å²) in [5.41, 5.74) is 0.903. The number of hydrogen-bond acceptors (Lipinski definition) is 4. The molecular formula is C16H24N4O2. The number of nitrogens with one attached hydrogen (secondary N) is 2. The largest absolute Gasteiger partial charge is 0.341 e. The highest BCUT2D eigenvalue weighted by Gasteiger charge is 2.34. The molecule has 1 saturated heterocycles. The van der Waals surface area contributed by atoms with Crippen LogP contribution in [0.25, 0.3) is 0 Å². The minimum absolute atomic E-state index is 0.236. The lowest BCUT2D eigenvalue weighted by atomic mass is 10.0. The van der Waals surface area contributed by atoms with Crippen LogP contribution in [0.2, 0.25) is 0 Å². The number of hydrogen-bond donors (Lipinski definition) is 2. The third kappa shape index (κ3) is 3.84. The fourth-order valence-corrected chi connectivity index (χ4v) is 2.91. The van der Waals surface area contributed by atoms with Gasteiger partial charge in [-0.1, -0.05) is 30.3 Å². The number of piperazine rings is 1. The Morgan fingerprint density at radius 3 is 2.50 bits per heavy atom. The summed E-state index contributed by atoms with van der Waals surface area (Å²) in [6, 6.07) is 8.91. The van der Waals surface area contributed by atoms with Gasteiger partial charge in [0.25, 0.3) is 0 Å². The predicted octanol–water partition coefficient (Wildman–Crippen LogP) is 0.819. The van der Waals surface area contributed by atoms with Crippen molar-refractivity contribution in [1.82, 2.24) is 20.4 Å². The van der Waals surface area contributed by atoms with Crippen LogP contribution in [-0.4, -0.2) is 61.5 Å². The molecule has 0 aromatic heterocycles. The average molecular weight is 304 g/mol. The fraction of sp³-hybridized carbons (Fsp3) is 0.500. The topological polar surface area (TPSA) is 64.7 Å². The van der Waals surface area contributed by atoms with Crippen LogP contribution in [0.1, 0.15) is 18.5 Å². The van der Waals surface area contributed by atoms with Crippen molar-refractivity contribution >= 4 is 11.9 Å². The van der Waals surface area contributed by atoms with Gasteiger partial charge in [-0.15, -0.1) is 0 Å². The molecule has 1 heterocycles. The molecule has 2 N–H and O–H groups in total. The van der Waals surface area contributed by atoms with Crippen molar-refractivity contribution in [3.8, 4) is 0 Å². The van der Waals surface area contributed by atoms with Crippen LogP contribution in [0.5, 0.6) is 0 Å². The molecule has 0 saturated carbocycles. The molecule has 0 unspecified atom stereocenters. The number of carbonyl (C=O) groups is 2. The van der Waals surface area contributed by atoms with Crippen molar-refractivity contribution < 1.29 is 9.59 Å². The number of nitrogens with zero attached hydrogens (tertiary/aromatic N) is 2. The van der Waals surface area contributed by atoms with Crippen LogP contribution in [0.4, 0.5) is 4.79 Å². The number of amides is 3. The first kappa shape index (κ1) is 16.5. The molecule has 1 aliphatic heterocycles. The molecule has 0 aliphatic carbocycles. The van der Waals surface area contributed by atoms with E-state index in [-0.39, 0.29) is 11.9 Å². The maximum atomic E-state index is 12.6. The molecule has 0 radical (unpaired) electrons. The van der Waals surface area contributed by atoms with Crippen LogP contribution >= 0.6 is 0 Å². The van der Waals surface area contributed by atoms with E-state index in [1.54, 1.807) is 0 Å². The third-order valence-electron chi connectivity index (χ3n) is 4.04. The highest BCUT2D eigenvalue weighted by Crippen LogP contribution is 2.25. The Morgan fingerprint density at radius 2 is 1.91 bits per heavy atom. The van der Waals surface area contributed by atoms with Crippen LogP contribution < -0.4 is 10.6 Å². The van der Waals surface area contributed by atoms with Gasteiger partial charge in [-0.2, -0.15) is 0 Å². The molecule has 6 nitrogen and oxygen atoms in total. The lowest BCUT2D eigenvalue weighted by Crippen LogP contribution is -2.55. The van der Waals surface area contributed by atoms with Crippen molar-refractivity contribution in [2.75, 3.05) is 33.7 Å². The van der Waals surface area contributed by atoms with Gasteiger partial charge in [0.15, 0.2) is 0 Å². The molecule has 1 aromatic rings. The third-order valence-corrected chi connectivity index (χ3v) is 4.04. The van der Waals surface area contributed by atoms with E-state index < -0.39 is 12.1 Å². The first-order valence-electron chi connectivity index (χ1n) is 7.54. The van der Waals surface area contributed by atoms with E-state index in [0.29, 0.717) is 0 Å². The van der Waals surface area contributed by atoms with E-state index in [1.807, 2.05) is 30.3 Å². The molecule has 6 heteroatoms. The van der Waals surface area contributed by atoms with Crippen molar-refractivity contribution in [2.45, 2.75) is 19.0 Å². The minimum atomic E-state index is -0.479. The smallest absolute Gasteiger partial charge is 0.321 e. The number of benzene rings is 1. The molecule has 0 bridgehead atoms. The van der Waals surface area contributed by atoms with Gasteiger partial charge >= 0.3 is 6.03 Å². The van der Waals surface area contributed by atoms with E-state index in [0.717, 1.165) is 25.2 Å². The lowest BCUT2D eigenvalue weighted by Gasteiger charge is -2.42. The second-order valence-corrected chi connectivity index (χ2v) is 5.73. The summed E-state index contributed by atoms with van der Waals surface area (Å²) in [4.78, 5) is 28.5.